The van der Waals surface area contributed by atoms with Crippen LogP contribution in [0.15, 0.2) is 30.5 Å². The minimum absolute atomic E-state index is 0.0221. The van der Waals surface area contributed by atoms with Crippen molar-refractivity contribution >= 4 is 28.7 Å². The molecule has 0 aliphatic carbocycles. The molecule has 1 aromatic carbocycles. The quantitative estimate of drug-likeness (QED) is 0.698. The molecule has 0 saturated heterocycles. The minimum atomic E-state index is -1.07. The highest BCUT2D eigenvalue weighted by molar-refractivity contribution is 7.00. The molecule has 1 N–H and O–H groups in total. The van der Waals surface area contributed by atoms with Crippen molar-refractivity contribution in [3.63, 3.8) is 0 Å². The Labute approximate surface area is 124 Å². The van der Waals surface area contributed by atoms with Gasteiger partial charge in [0.2, 0.25) is 0 Å². The van der Waals surface area contributed by atoms with Gasteiger partial charge in [0, 0.05) is 11.8 Å². The standard InChI is InChI=1S/C15H9N3O2S/c1-9-2-4-11(14-13(9)17-21-18-14)5-3-10-6-7-16-12(8-10)15(19)20/h2,4,6-8H,1H3,(H,19,20). The number of carbonyl (C=O) groups is 1. The molecule has 102 valence electrons. The van der Waals surface area contributed by atoms with E-state index < -0.39 is 5.97 Å². The van der Waals surface area contributed by atoms with Crippen molar-refractivity contribution in [2.45, 2.75) is 6.92 Å². The first kappa shape index (κ1) is 13.2. The van der Waals surface area contributed by atoms with Crippen LogP contribution in [0.1, 0.15) is 27.2 Å². The van der Waals surface area contributed by atoms with Gasteiger partial charge in [-0.25, -0.2) is 9.78 Å². The number of aromatic carboxylic acids is 1. The highest BCUT2D eigenvalue weighted by Gasteiger charge is 2.06. The molecule has 0 aliphatic heterocycles. The lowest BCUT2D eigenvalue weighted by Crippen LogP contribution is -1.99. The van der Waals surface area contributed by atoms with Crippen molar-refractivity contribution in [2.75, 3.05) is 0 Å². The molecule has 0 saturated carbocycles. The highest BCUT2D eigenvalue weighted by atomic mass is 32.1. The molecule has 21 heavy (non-hydrogen) atoms. The Kier molecular flexibility index (Phi) is 3.34. The molecule has 6 heteroatoms. The van der Waals surface area contributed by atoms with Gasteiger partial charge in [0.1, 0.15) is 16.7 Å². The van der Waals surface area contributed by atoms with Gasteiger partial charge in [-0.3, -0.25) is 0 Å². The zero-order valence-electron chi connectivity index (χ0n) is 11.0. The van der Waals surface area contributed by atoms with Crippen LogP contribution < -0.4 is 0 Å². The SMILES string of the molecule is Cc1ccc(C#Cc2ccnc(C(=O)O)c2)c2nsnc12. The summed E-state index contributed by atoms with van der Waals surface area (Å²) in [6, 6.07) is 6.96. The monoisotopic (exact) mass is 295 g/mol. The number of hydrogen-bond donors (Lipinski definition) is 1. The molecule has 0 unspecified atom stereocenters. The van der Waals surface area contributed by atoms with Crippen molar-refractivity contribution in [3.8, 4) is 11.8 Å². The number of aryl methyl sites for hydroxylation is 1. The van der Waals surface area contributed by atoms with Gasteiger partial charge in [-0.1, -0.05) is 17.9 Å². The fourth-order valence-corrected chi connectivity index (χ4v) is 2.48. The van der Waals surface area contributed by atoms with E-state index in [2.05, 4.69) is 25.6 Å². The molecule has 2 aromatic heterocycles. The normalized spacial score (nSPS) is 10.1. The lowest BCUT2D eigenvalue weighted by Gasteiger charge is -1.96. The van der Waals surface area contributed by atoms with Gasteiger partial charge in [-0.05, 0) is 30.7 Å². The molecule has 0 spiro atoms. The van der Waals surface area contributed by atoms with Gasteiger partial charge in [0.15, 0.2) is 0 Å². The van der Waals surface area contributed by atoms with Gasteiger partial charge in [0.25, 0.3) is 0 Å². The lowest BCUT2D eigenvalue weighted by atomic mass is 10.1. The number of pyridine rings is 1. The van der Waals surface area contributed by atoms with E-state index in [1.807, 2.05) is 19.1 Å². The predicted octanol–water partition coefficient (Wildman–Crippen LogP) is 2.49. The molecule has 3 aromatic rings. The second-order valence-corrected chi connectivity index (χ2v) is 4.90. The van der Waals surface area contributed by atoms with Gasteiger partial charge >= 0.3 is 5.97 Å². The average Bonchev–Trinajstić information content (AvgIpc) is 2.97. The van der Waals surface area contributed by atoms with Gasteiger partial charge in [-0.2, -0.15) is 8.75 Å². The van der Waals surface area contributed by atoms with Crippen LogP contribution in [0, 0.1) is 18.8 Å². The molecular formula is C15H9N3O2S. The fourth-order valence-electron chi connectivity index (χ4n) is 1.86. The summed E-state index contributed by atoms with van der Waals surface area (Å²) >= 11 is 1.15. The Hall–Kier alpha value is -2.78. The van der Waals surface area contributed by atoms with E-state index in [1.54, 1.807) is 6.07 Å². The molecule has 0 radical (unpaired) electrons. The van der Waals surface area contributed by atoms with Crippen LogP contribution in [0.3, 0.4) is 0 Å². The third-order valence-corrected chi connectivity index (χ3v) is 3.47. The Morgan fingerprint density at radius 2 is 2.00 bits per heavy atom. The number of carboxylic acid groups (broad SMARTS) is 1. The Morgan fingerprint density at radius 1 is 1.19 bits per heavy atom. The molecule has 0 bridgehead atoms. The number of fused-ring (bicyclic) bond motifs is 1. The first-order valence-electron chi connectivity index (χ1n) is 6.08. The Balaban J connectivity index is 2.04. The summed E-state index contributed by atoms with van der Waals surface area (Å²) in [7, 11) is 0. The van der Waals surface area contributed by atoms with Crippen LogP contribution in [0.5, 0.6) is 0 Å². The molecule has 5 nitrogen and oxygen atoms in total. The predicted molar refractivity (Wildman–Crippen MR) is 79.3 cm³/mol. The second-order valence-electron chi connectivity index (χ2n) is 4.38. The van der Waals surface area contributed by atoms with E-state index in [0.29, 0.717) is 5.56 Å². The number of carboxylic acids is 1. The van der Waals surface area contributed by atoms with Gasteiger partial charge in [0.05, 0.1) is 17.3 Å². The molecule has 0 atom stereocenters. The maximum absolute atomic E-state index is 10.9. The van der Waals surface area contributed by atoms with Crippen LogP contribution in [0.25, 0.3) is 11.0 Å². The maximum atomic E-state index is 10.9. The summed E-state index contributed by atoms with van der Waals surface area (Å²) in [5.41, 5.74) is 4.04. The minimum Gasteiger partial charge on any atom is -0.477 e. The van der Waals surface area contributed by atoms with E-state index in [0.717, 1.165) is 33.9 Å². The van der Waals surface area contributed by atoms with E-state index in [9.17, 15) is 4.79 Å². The van der Waals surface area contributed by atoms with E-state index in [1.165, 1.54) is 12.3 Å². The number of hydrogen-bond acceptors (Lipinski definition) is 5. The third kappa shape index (κ3) is 2.59. The van der Waals surface area contributed by atoms with E-state index in [4.69, 9.17) is 5.11 Å². The van der Waals surface area contributed by atoms with Crippen LogP contribution in [0.4, 0.5) is 0 Å². The zero-order valence-corrected chi connectivity index (χ0v) is 11.8. The Bertz CT molecular complexity index is 906. The molecule has 0 aliphatic rings. The van der Waals surface area contributed by atoms with E-state index in [-0.39, 0.29) is 5.69 Å². The smallest absolute Gasteiger partial charge is 0.354 e. The second kappa shape index (κ2) is 5.31. The molecular weight excluding hydrogens is 286 g/mol. The summed E-state index contributed by atoms with van der Waals surface area (Å²) in [6.07, 6.45) is 1.43. The third-order valence-electron chi connectivity index (χ3n) is 2.94. The number of nitrogens with zero attached hydrogens (tertiary/aromatic N) is 3. The lowest BCUT2D eigenvalue weighted by molar-refractivity contribution is 0.0690. The summed E-state index contributed by atoms with van der Waals surface area (Å²) in [5, 5.41) is 8.91. The molecule has 3 rings (SSSR count). The summed E-state index contributed by atoms with van der Waals surface area (Å²) in [5.74, 6) is 4.89. The maximum Gasteiger partial charge on any atom is 0.354 e. The number of aromatic nitrogens is 3. The van der Waals surface area contributed by atoms with E-state index >= 15 is 0 Å². The van der Waals surface area contributed by atoms with Crippen LogP contribution in [0.2, 0.25) is 0 Å². The van der Waals surface area contributed by atoms with Crippen molar-refractivity contribution < 1.29 is 9.90 Å². The zero-order chi connectivity index (χ0) is 14.8. The van der Waals surface area contributed by atoms with Crippen molar-refractivity contribution in [3.05, 3.63) is 52.8 Å². The summed E-state index contributed by atoms with van der Waals surface area (Å²) < 4.78 is 8.51. The van der Waals surface area contributed by atoms with Crippen molar-refractivity contribution in [1.82, 2.24) is 13.7 Å². The number of rotatable bonds is 1. The van der Waals surface area contributed by atoms with Gasteiger partial charge in [-0.15, -0.1) is 0 Å². The average molecular weight is 295 g/mol. The first-order valence-corrected chi connectivity index (χ1v) is 6.81. The Morgan fingerprint density at radius 3 is 2.81 bits per heavy atom. The number of benzene rings is 1. The summed E-state index contributed by atoms with van der Waals surface area (Å²) in [6.45, 7) is 1.98. The van der Waals surface area contributed by atoms with Gasteiger partial charge < -0.3 is 5.11 Å². The summed E-state index contributed by atoms with van der Waals surface area (Å²) in [4.78, 5) is 14.6. The highest BCUT2D eigenvalue weighted by Crippen LogP contribution is 2.19. The van der Waals surface area contributed by atoms with Crippen LogP contribution in [-0.4, -0.2) is 24.8 Å². The molecule has 0 amide bonds. The first-order chi connectivity index (χ1) is 10.1. The molecule has 2 heterocycles. The largest absolute Gasteiger partial charge is 0.477 e. The van der Waals surface area contributed by atoms with Crippen molar-refractivity contribution in [2.24, 2.45) is 0 Å². The fraction of sp³-hybridized carbons (Fsp3) is 0.0667. The van der Waals surface area contributed by atoms with Crippen LogP contribution >= 0.6 is 11.7 Å². The molecule has 0 fully saturated rings. The topological polar surface area (TPSA) is 76.0 Å². The van der Waals surface area contributed by atoms with Crippen LogP contribution in [-0.2, 0) is 0 Å². The van der Waals surface area contributed by atoms with Crippen molar-refractivity contribution in [1.29, 1.82) is 0 Å².